The number of carbonyl (C=O) groups is 1. The van der Waals surface area contributed by atoms with Crippen molar-refractivity contribution in [3.05, 3.63) is 18.5 Å². The van der Waals surface area contributed by atoms with Crippen molar-refractivity contribution in [3.63, 3.8) is 0 Å². The van der Waals surface area contributed by atoms with E-state index in [1.165, 1.54) is 0 Å². The highest BCUT2D eigenvalue weighted by molar-refractivity contribution is 5.78. The zero-order valence-electron chi connectivity index (χ0n) is 10.7. The summed E-state index contributed by atoms with van der Waals surface area (Å²) in [6.45, 7) is 1.57. The molecule has 1 heterocycles. The molecule has 0 radical (unpaired) electrons. The SMILES string of the molecule is NC1CCC(C(=O)NCCCn2cccn2)CC1. The van der Waals surface area contributed by atoms with Crippen LogP contribution in [-0.4, -0.2) is 28.3 Å². The summed E-state index contributed by atoms with van der Waals surface area (Å²) in [6, 6.07) is 2.21. The predicted molar refractivity (Wildman–Crippen MR) is 69.8 cm³/mol. The van der Waals surface area contributed by atoms with E-state index in [0.717, 1.165) is 45.2 Å². The molecule has 18 heavy (non-hydrogen) atoms. The lowest BCUT2D eigenvalue weighted by Gasteiger charge is -2.25. The fourth-order valence-electron chi connectivity index (χ4n) is 2.41. The number of hydrogen-bond acceptors (Lipinski definition) is 3. The average molecular weight is 250 g/mol. The Hall–Kier alpha value is -1.36. The van der Waals surface area contributed by atoms with Crippen molar-refractivity contribution in [2.24, 2.45) is 11.7 Å². The number of nitrogens with two attached hydrogens (primary N) is 1. The lowest BCUT2D eigenvalue weighted by molar-refractivity contribution is -0.126. The number of aryl methyl sites for hydroxylation is 1. The molecule has 1 amide bonds. The number of hydrogen-bond donors (Lipinski definition) is 2. The Morgan fingerprint density at radius 3 is 2.83 bits per heavy atom. The Kier molecular flexibility index (Phi) is 4.75. The molecule has 3 N–H and O–H groups in total. The quantitative estimate of drug-likeness (QED) is 0.763. The lowest BCUT2D eigenvalue weighted by Crippen LogP contribution is -2.36. The van der Waals surface area contributed by atoms with Gasteiger partial charge in [-0.1, -0.05) is 0 Å². The topological polar surface area (TPSA) is 72.9 Å². The van der Waals surface area contributed by atoms with Crippen molar-refractivity contribution in [3.8, 4) is 0 Å². The largest absolute Gasteiger partial charge is 0.356 e. The van der Waals surface area contributed by atoms with Crippen LogP contribution >= 0.6 is 0 Å². The van der Waals surface area contributed by atoms with Crippen LogP contribution in [0.3, 0.4) is 0 Å². The second-order valence-electron chi connectivity index (χ2n) is 5.03. The van der Waals surface area contributed by atoms with Gasteiger partial charge in [0.2, 0.25) is 5.91 Å². The number of rotatable bonds is 5. The van der Waals surface area contributed by atoms with Gasteiger partial charge in [-0.05, 0) is 38.2 Å². The van der Waals surface area contributed by atoms with Crippen molar-refractivity contribution in [1.82, 2.24) is 15.1 Å². The predicted octanol–water partition coefficient (Wildman–Crippen LogP) is 0.907. The minimum atomic E-state index is 0.175. The molecule has 0 bridgehead atoms. The summed E-state index contributed by atoms with van der Waals surface area (Å²) in [6.07, 6.45) is 8.45. The Bertz CT molecular complexity index is 355. The normalized spacial score (nSPS) is 23.8. The van der Waals surface area contributed by atoms with Crippen LogP contribution in [0.2, 0.25) is 0 Å². The van der Waals surface area contributed by atoms with Gasteiger partial charge in [0.05, 0.1) is 0 Å². The maximum Gasteiger partial charge on any atom is 0.223 e. The summed E-state index contributed by atoms with van der Waals surface area (Å²) in [5.41, 5.74) is 5.83. The zero-order chi connectivity index (χ0) is 12.8. The van der Waals surface area contributed by atoms with E-state index in [-0.39, 0.29) is 11.8 Å². The van der Waals surface area contributed by atoms with Gasteiger partial charge in [-0.2, -0.15) is 5.10 Å². The van der Waals surface area contributed by atoms with Crippen molar-refractivity contribution >= 4 is 5.91 Å². The van der Waals surface area contributed by atoms with E-state index in [4.69, 9.17) is 5.73 Å². The molecule has 0 atom stereocenters. The summed E-state index contributed by atoms with van der Waals surface area (Å²) < 4.78 is 1.88. The molecule has 0 spiro atoms. The summed E-state index contributed by atoms with van der Waals surface area (Å²) in [5.74, 6) is 0.372. The molecule has 0 aliphatic heterocycles. The van der Waals surface area contributed by atoms with Crippen LogP contribution in [0.4, 0.5) is 0 Å². The maximum absolute atomic E-state index is 11.9. The molecule has 0 aromatic carbocycles. The summed E-state index contributed by atoms with van der Waals surface area (Å²) in [5, 5.41) is 7.13. The Balaban J connectivity index is 1.60. The van der Waals surface area contributed by atoms with Crippen LogP contribution in [0.25, 0.3) is 0 Å². The second-order valence-corrected chi connectivity index (χ2v) is 5.03. The van der Waals surface area contributed by atoms with Gasteiger partial charge in [-0.15, -0.1) is 0 Å². The average Bonchev–Trinajstić information content (AvgIpc) is 2.88. The second kappa shape index (κ2) is 6.54. The van der Waals surface area contributed by atoms with E-state index in [2.05, 4.69) is 10.4 Å². The first-order chi connectivity index (χ1) is 8.75. The van der Waals surface area contributed by atoms with Crippen LogP contribution in [-0.2, 0) is 11.3 Å². The number of nitrogens with one attached hydrogen (secondary N) is 1. The van der Waals surface area contributed by atoms with Crippen LogP contribution < -0.4 is 11.1 Å². The van der Waals surface area contributed by atoms with E-state index in [9.17, 15) is 4.79 Å². The van der Waals surface area contributed by atoms with Gasteiger partial charge in [-0.25, -0.2) is 0 Å². The summed E-state index contributed by atoms with van der Waals surface area (Å²) in [4.78, 5) is 11.9. The van der Waals surface area contributed by atoms with Gasteiger partial charge in [0.1, 0.15) is 0 Å². The van der Waals surface area contributed by atoms with Crippen molar-refractivity contribution < 1.29 is 4.79 Å². The van der Waals surface area contributed by atoms with E-state index in [1.807, 2.05) is 16.9 Å². The highest BCUT2D eigenvalue weighted by Gasteiger charge is 2.23. The Morgan fingerprint density at radius 1 is 1.39 bits per heavy atom. The first kappa shape index (κ1) is 13.1. The van der Waals surface area contributed by atoms with E-state index < -0.39 is 0 Å². The van der Waals surface area contributed by atoms with Gasteiger partial charge in [0.15, 0.2) is 0 Å². The summed E-state index contributed by atoms with van der Waals surface area (Å²) >= 11 is 0. The monoisotopic (exact) mass is 250 g/mol. The third-order valence-electron chi connectivity index (χ3n) is 3.57. The maximum atomic E-state index is 11.9. The Labute approximate surface area is 108 Å². The third kappa shape index (κ3) is 3.84. The van der Waals surface area contributed by atoms with Gasteiger partial charge in [0.25, 0.3) is 0 Å². The number of carbonyl (C=O) groups excluding carboxylic acids is 1. The van der Waals surface area contributed by atoms with Crippen molar-refractivity contribution in [1.29, 1.82) is 0 Å². The molecule has 0 saturated heterocycles. The highest BCUT2D eigenvalue weighted by atomic mass is 16.1. The molecular weight excluding hydrogens is 228 g/mol. The van der Waals surface area contributed by atoms with Crippen molar-refractivity contribution in [2.45, 2.75) is 44.7 Å². The van der Waals surface area contributed by atoms with Gasteiger partial charge in [0, 0.05) is 37.4 Å². The first-order valence-electron chi connectivity index (χ1n) is 6.76. The number of aromatic nitrogens is 2. The van der Waals surface area contributed by atoms with Gasteiger partial charge >= 0.3 is 0 Å². The highest BCUT2D eigenvalue weighted by Crippen LogP contribution is 2.22. The third-order valence-corrected chi connectivity index (χ3v) is 3.57. The minimum Gasteiger partial charge on any atom is -0.356 e. The fourth-order valence-corrected chi connectivity index (χ4v) is 2.41. The molecule has 1 aliphatic rings. The molecule has 1 aromatic rings. The van der Waals surface area contributed by atoms with Gasteiger partial charge < -0.3 is 11.1 Å². The smallest absolute Gasteiger partial charge is 0.223 e. The molecule has 100 valence electrons. The Morgan fingerprint density at radius 2 is 2.17 bits per heavy atom. The molecule has 1 saturated carbocycles. The van der Waals surface area contributed by atoms with Gasteiger partial charge in [-0.3, -0.25) is 9.48 Å². The van der Waals surface area contributed by atoms with Crippen LogP contribution in [0.1, 0.15) is 32.1 Å². The lowest BCUT2D eigenvalue weighted by atomic mass is 9.86. The number of nitrogens with zero attached hydrogens (tertiary/aromatic N) is 2. The van der Waals surface area contributed by atoms with Crippen LogP contribution in [0.5, 0.6) is 0 Å². The molecule has 1 fully saturated rings. The molecule has 2 rings (SSSR count). The zero-order valence-corrected chi connectivity index (χ0v) is 10.7. The molecule has 0 unspecified atom stereocenters. The molecule has 1 aliphatic carbocycles. The van der Waals surface area contributed by atoms with Crippen LogP contribution in [0.15, 0.2) is 18.5 Å². The number of amides is 1. The molecule has 1 aromatic heterocycles. The van der Waals surface area contributed by atoms with E-state index in [1.54, 1.807) is 6.20 Å². The van der Waals surface area contributed by atoms with E-state index in [0.29, 0.717) is 6.04 Å². The molecular formula is C13H22N4O. The molecule has 5 heteroatoms. The standard InChI is InChI=1S/C13H22N4O/c14-12-5-3-11(4-6-12)13(18)15-7-1-9-17-10-2-8-16-17/h2,8,10-12H,1,3-7,9,14H2,(H,15,18). The fraction of sp³-hybridized carbons (Fsp3) is 0.692. The summed E-state index contributed by atoms with van der Waals surface area (Å²) in [7, 11) is 0. The van der Waals surface area contributed by atoms with E-state index >= 15 is 0 Å². The van der Waals surface area contributed by atoms with Crippen LogP contribution in [0, 0.1) is 5.92 Å². The molecule has 5 nitrogen and oxygen atoms in total. The minimum absolute atomic E-state index is 0.175. The van der Waals surface area contributed by atoms with Crippen molar-refractivity contribution in [2.75, 3.05) is 6.54 Å². The first-order valence-corrected chi connectivity index (χ1v) is 6.76.